The summed E-state index contributed by atoms with van der Waals surface area (Å²) < 4.78 is 0. The van der Waals surface area contributed by atoms with E-state index in [0.717, 1.165) is 0 Å². The molecular formula is C13H19N3O3. The number of nitrogen functional groups attached to an aromatic ring is 1. The lowest BCUT2D eigenvalue weighted by atomic mass is 10.1. The van der Waals surface area contributed by atoms with Crippen molar-refractivity contribution in [3.8, 4) is 0 Å². The van der Waals surface area contributed by atoms with E-state index >= 15 is 0 Å². The van der Waals surface area contributed by atoms with Gasteiger partial charge < -0.3 is 15.7 Å². The molecule has 0 spiro atoms. The van der Waals surface area contributed by atoms with Crippen LogP contribution in [0.3, 0.4) is 0 Å². The number of aliphatic carboxylic acids is 1. The summed E-state index contributed by atoms with van der Waals surface area (Å²) in [6.07, 6.45) is 1.65. The second-order valence-electron chi connectivity index (χ2n) is 4.43. The fourth-order valence-corrected chi connectivity index (χ4v) is 1.62. The molecule has 1 atom stereocenters. The van der Waals surface area contributed by atoms with Gasteiger partial charge >= 0.3 is 5.97 Å². The normalized spacial score (nSPS) is 11.9. The van der Waals surface area contributed by atoms with E-state index in [4.69, 9.17) is 10.8 Å². The average molecular weight is 265 g/mol. The zero-order chi connectivity index (χ0) is 14.4. The first-order valence-corrected chi connectivity index (χ1v) is 6.15. The molecule has 0 aliphatic carbocycles. The number of hydrogen-bond donors (Lipinski definition) is 2. The van der Waals surface area contributed by atoms with Gasteiger partial charge in [0.1, 0.15) is 0 Å². The maximum absolute atomic E-state index is 12.0. The molecule has 1 amide bonds. The van der Waals surface area contributed by atoms with E-state index < -0.39 is 11.9 Å². The van der Waals surface area contributed by atoms with Crippen molar-refractivity contribution in [2.45, 2.75) is 20.3 Å². The fourth-order valence-electron chi connectivity index (χ4n) is 1.62. The van der Waals surface area contributed by atoms with E-state index in [1.54, 1.807) is 19.1 Å². The lowest BCUT2D eigenvalue weighted by Crippen LogP contribution is -2.37. The molecule has 6 nitrogen and oxygen atoms in total. The largest absolute Gasteiger partial charge is 0.481 e. The first-order valence-electron chi connectivity index (χ1n) is 6.15. The van der Waals surface area contributed by atoms with Gasteiger partial charge in [-0.3, -0.25) is 14.6 Å². The van der Waals surface area contributed by atoms with Gasteiger partial charge in [0.05, 0.1) is 24.2 Å². The van der Waals surface area contributed by atoms with Crippen molar-refractivity contribution in [3.63, 3.8) is 0 Å². The summed E-state index contributed by atoms with van der Waals surface area (Å²) in [5.74, 6) is -1.62. The average Bonchev–Trinajstić information content (AvgIpc) is 2.38. The molecule has 0 saturated heterocycles. The van der Waals surface area contributed by atoms with Crippen LogP contribution < -0.4 is 5.73 Å². The van der Waals surface area contributed by atoms with Gasteiger partial charge in [-0.1, -0.05) is 6.92 Å². The molecule has 1 aromatic heterocycles. The third kappa shape index (κ3) is 4.57. The molecule has 3 N–H and O–H groups in total. The second kappa shape index (κ2) is 6.72. The van der Waals surface area contributed by atoms with E-state index in [1.807, 2.05) is 6.92 Å². The molecular weight excluding hydrogens is 246 g/mol. The molecule has 0 aliphatic rings. The topological polar surface area (TPSA) is 96.5 Å². The van der Waals surface area contributed by atoms with Crippen LogP contribution in [0.2, 0.25) is 0 Å². The number of likely N-dealkylation sites (N-methyl/N-ethyl adjacent to an activating group) is 1. The van der Waals surface area contributed by atoms with Crippen molar-refractivity contribution in [1.82, 2.24) is 9.88 Å². The van der Waals surface area contributed by atoms with Gasteiger partial charge in [0.2, 0.25) is 5.91 Å². The van der Waals surface area contributed by atoms with E-state index in [0.29, 0.717) is 17.9 Å². The van der Waals surface area contributed by atoms with Crippen LogP contribution in [0.4, 0.5) is 5.69 Å². The van der Waals surface area contributed by atoms with E-state index in [9.17, 15) is 9.59 Å². The Morgan fingerprint density at radius 2 is 2.16 bits per heavy atom. The number of rotatable bonds is 6. The van der Waals surface area contributed by atoms with Crippen molar-refractivity contribution in [2.24, 2.45) is 5.92 Å². The predicted octanol–water partition coefficient (Wildman–Crippen LogP) is 0.775. The standard InChI is InChI=1S/C13H19N3O3/c1-3-16(8-9(2)13(18)19)12(17)6-11-5-4-10(14)7-15-11/h4-5,7,9H,3,6,8,14H2,1-2H3,(H,18,19). The minimum Gasteiger partial charge on any atom is -0.481 e. The van der Waals surface area contributed by atoms with Gasteiger partial charge in [-0.15, -0.1) is 0 Å². The molecule has 1 aromatic rings. The van der Waals surface area contributed by atoms with E-state index in [1.165, 1.54) is 11.1 Å². The zero-order valence-corrected chi connectivity index (χ0v) is 11.2. The summed E-state index contributed by atoms with van der Waals surface area (Å²) >= 11 is 0. The number of nitrogens with zero attached hydrogens (tertiary/aromatic N) is 2. The van der Waals surface area contributed by atoms with Crippen LogP contribution in [0.5, 0.6) is 0 Å². The van der Waals surface area contributed by atoms with E-state index in [-0.39, 0.29) is 18.9 Å². The Bertz CT molecular complexity index is 445. The van der Waals surface area contributed by atoms with Crippen LogP contribution in [-0.2, 0) is 16.0 Å². The Kier molecular flexibility index (Phi) is 5.29. The molecule has 0 saturated carbocycles. The first-order chi connectivity index (χ1) is 8.93. The van der Waals surface area contributed by atoms with Crippen molar-refractivity contribution in [3.05, 3.63) is 24.0 Å². The highest BCUT2D eigenvalue weighted by atomic mass is 16.4. The number of carbonyl (C=O) groups excluding carboxylic acids is 1. The van der Waals surface area contributed by atoms with Gasteiger partial charge in [-0.05, 0) is 19.1 Å². The van der Waals surface area contributed by atoms with Gasteiger partial charge in [-0.2, -0.15) is 0 Å². The first kappa shape index (κ1) is 14.9. The number of anilines is 1. The Hall–Kier alpha value is -2.11. The summed E-state index contributed by atoms with van der Waals surface area (Å²) in [7, 11) is 0. The molecule has 1 heterocycles. The van der Waals surface area contributed by atoms with Gasteiger partial charge in [0.25, 0.3) is 0 Å². The quantitative estimate of drug-likeness (QED) is 0.792. The third-order valence-electron chi connectivity index (χ3n) is 2.83. The Balaban J connectivity index is 2.63. The number of pyridine rings is 1. The highest BCUT2D eigenvalue weighted by Crippen LogP contribution is 2.06. The lowest BCUT2D eigenvalue weighted by molar-refractivity contribution is -0.142. The van der Waals surface area contributed by atoms with Crippen molar-refractivity contribution in [2.75, 3.05) is 18.8 Å². The SMILES string of the molecule is CCN(CC(C)C(=O)O)C(=O)Cc1ccc(N)cn1. The Labute approximate surface area is 112 Å². The highest BCUT2D eigenvalue weighted by molar-refractivity contribution is 5.79. The molecule has 0 radical (unpaired) electrons. The molecule has 0 aliphatic heterocycles. The molecule has 104 valence electrons. The number of carboxylic acid groups (broad SMARTS) is 1. The van der Waals surface area contributed by atoms with Crippen molar-refractivity contribution < 1.29 is 14.7 Å². The molecule has 0 bridgehead atoms. The monoisotopic (exact) mass is 265 g/mol. The minimum absolute atomic E-state index is 0.132. The van der Waals surface area contributed by atoms with Gasteiger partial charge in [0, 0.05) is 18.8 Å². The predicted molar refractivity (Wildman–Crippen MR) is 71.4 cm³/mol. The van der Waals surface area contributed by atoms with Crippen LogP contribution in [0.25, 0.3) is 0 Å². The summed E-state index contributed by atoms with van der Waals surface area (Å²) in [5, 5.41) is 8.86. The third-order valence-corrected chi connectivity index (χ3v) is 2.83. The smallest absolute Gasteiger partial charge is 0.308 e. The van der Waals surface area contributed by atoms with Crippen LogP contribution in [0.1, 0.15) is 19.5 Å². The molecule has 0 fully saturated rings. The number of nitrogens with two attached hydrogens (primary N) is 1. The number of carbonyl (C=O) groups is 2. The maximum atomic E-state index is 12.0. The van der Waals surface area contributed by atoms with Crippen LogP contribution in [-0.4, -0.2) is 40.0 Å². The van der Waals surface area contributed by atoms with Crippen molar-refractivity contribution in [1.29, 1.82) is 0 Å². The molecule has 6 heteroatoms. The maximum Gasteiger partial charge on any atom is 0.308 e. The number of amides is 1. The molecule has 0 aromatic carbocycles. The molecule has 19 heavy (non-hydrogen) atoms. The summed E-state index contributed by atoms with van der Waals surface area (Å²) in [6.45, 7) is 4.09. The molecule has 1 unspecified atom stereocenters. The minimum atomic E-state index is -0.906. The number of carboxylic acids is 1. The second-order valence-corrected chi connectivity index (χ2v) is 4.43. The number of aromatic nitrogens is 1. The summed E-state index contributed by atoms with van der Waals surface area (Å²) in [5.41, 5.74) is 6.69. The lowest BCUT2D eigenvalue weighted by Gasteiger charge is -2.22. The fraction of sp³-hybridized carbons (Fsp3) is 0.462. The Morgan fingerprint density at radius 3 is 2.63 bits per heavy atom. The molecule has 1 rings (SSSR count). The van der Waals surface area contributed by atoms with Crippen molar-refractivity contribution >= 4 is 17.6 Å². The number of hydrogen-bond acceptors (Lipinski definition) is 4. The summed E-state index contributed by atoms with van der Waals surface area (Å²) in [6, 6.07) is 3.38. The van der Waals surface area contributed by atoms with Crippen LogP contribution in [0, 0.1) is 5.92 Å². The van der Waals surface area contributed by atoms with E-state index in [2.05, 4.69) is 4.98 Å². The van der Waals surface area contributed by atoms with Crippen LogP contribution in [0.15, 0.2) is 18.3 Å². The highest BCUT2D eigenvalue weighted by Gasteiger charge is 2.19. The van der Waals surface area contributed by atoms with Gasteiger partial charge in [-0.25, -0.2) is 0 Å². The Morgan fingerprint density at radius 1 is 1.47 bits per heavy atom. The van der Waals surface area contributed by atoms with Gasteiger partial charge in [0.15, 0.2) is 0 Å². The summed E-state index contributed by atoms with van der Waals surface area (Å²) in [4.78, 5) is 28.4. The van der Waals surface area contributed by atoms with Crippen LogP contribution >= 0.6 is 0 Å². The zero-order valence-electron chi connectivity index (χ0n) is 11.2.